The lowest BCUT2D eigenvalue weighted by molar-refractivity contribution is 0.287. The number of hydrogen-bond donors (Lipinski definition) is 1. The molecular weight excluding hydrogens is 146 g/mol. The fourth-order valence-corrected chi connectivity index (χ4v) is 2.08. The summed E-state index contributed by atoms with van der Waals surface area (Å²) in [7, 11) is 0. The van der Waals surface area contributed by atoms with Crippen LogP contribution < -0.4 is 5.32 Å². The molecule has 2 rings (SSSR count). The average molecular weight is 163 g/mol. The van der Waals surface area contributed by atoms with Crippen LogP contribution in [0.25, 0.3) is 0 Å². The van der Waals surface area contributed by atoms with Gasteiger partial charge in [0.1, 0.15) is 0 Å². The fraction of sp³-hybridized carbons (Fsp3) is 0.636. The molecule has 1 fully saturated rings. The molecule has 1 aliphatic heterocycles. The third-order valence-corrected chi connectivity index (χ3v) is 2.87. The van der Waals surface area contributed by atoms with Gasteiger partial charge in [0.15, 0.2) is 0 Å². The summed E-state index contributed by atoms with van der Waals surface area (Å²) in [5.74, 6) is 0.781. The molecule has 1 unspecified atom stereocenters. The van der Waals surface area contributed by atoms with Crippen LogP contribution in [0.3, 0.4) is 0 Å². The molecule has 1 atom stereocenters. The van der Waals surface area contributed by atoms with Crippen molar-refractivity contribution in [3.63, 3.8) is 0 Å². The van der Waals surface area contributed by atoms with Gasteiger partial charge < -0.3 is 5.32 Å². The van der Waals surface area contributed by atoms with Crippen LogP contribution in [0.5, 0.6) is 0 Å². The molecule has 1 aliphatic carbocycles. The molecule has 0 spiro atoms. The first-order chi connectivity index (χ1) is 5.67. The quantitative estimate of drug-likeness (QED) is 0.579. The predicted molar refractivity (Wildman–Crippen MR) is 51.8 cm³/mol. The van der Waals surface area contributed by atoms with E-state index in [9.17, 15) is 0 Å². The molecule has 1 heterocycles. The second kappa shape index (κ2) is 2.65. The first kappa shape index (κ1) is 7.90. The predicted octanol–water partition coefficient (Wildman–Crippen LogP) is 2.61. The molecule has 0 amide bonds. The van der Waals surface area contributed by atoms with Crippen molar-refractivity contribution in [1.82, 2.24) is 5.32 Å². The maximum absolute atomic E-state index is 3.60. The van der Waals surface area contributed by atoms with Crippen molar-refractivity contribution in [1.29, 1.82) is 0 Å². The van der Waals surface area contributed by atoms with E-state index in [2.05, 4.69) is 37.4 Å². The number of nitrogens with one attached hydrogen (secondary N) is 1. The fourth-order valence-electron chi connectivity index (χ4n) is 2.08. The largest absolute Gasteiger partial charge is 0.383 e. The lowest BCUT2D eigenvalue weighted by Gasteiger charge is -2.39. The van der Waals surface area contributed by atoms with Gasteiger partial charge in [0, 0.05) is 17.2 Å². The highest BCUT2D eigenvalue weighted by atomic mass is 15.0. The van der Waals surface area contributed by atoms with Gasteiger partial charge in [-0.2, -0.15) is 0 Å². The third kappa shape index (κ3) is 1.40. The van der Waals surface area contributed by atoms with Gasteiger partial charge in [-0.05, 0) is 39.2 Å². The number of hydrogen-bond acceptors (Lipinski definition) is 1. The normalized spacial score (nSPS) is 31.8. The Morgan fingerprint density at radius 2 is 2.33 bits per heavy atom. The van der Waals surface area contributed by atoms with Gasteiger partial charge in [-0.25, -0.2) is 0 Å². The lowest BCUT2D eigenvalue weighted by Crippen LogP contribution is -2.45. The molecule has 12 heavy (non-hydrogen) atoms. The highest BCUT2D eigenvalue weighted by Gasteiger charge is 2.29. The van der Waals surface area contributed by atoms with Crippen molar-refractivity contribution in [2.75, 3.05) is 0 Å². The Bertz CT molecular complexity index is 235. The summed E-state index contributed by atoms with van der Waals surface area (Å²) in [6, 6.07) is 0. The van der Waals surface area contributed by atoms with Gasteiger partial charge in [0.25, 0.3) is 0 Å². The van der Waals surface area contributed by atoms with Gasteiger partial charge >= 0.3 is 0 Å². The molecule has 1 N–H and O–H groups in total. The van der Waals surface area contributed by atoms with Crippen LogP contribution in [0.1, 0.15) is 33.1 Å². The van der Waals surface area contributed by atoms with E-state index in [1.54, 1.807) is 0 Å². The Kier molecular flexibility index (Phi) is 1.75. The second-order valence-electron chi connectivity index (χ2n) is 4.53. The zero-order chi connectivity index (χ0) is 8.60. The molecule has 1 saturated heterocycles. The highest BCUT2D eigenvalue weighted by Crippen LogP contribution is 2.32. The van der Waals surface area contributed by atoms with Crippen LogP contribution in [0.4, 0.5) is 0 Å². The summed E-state index contributed by atoms with van der Waals surface area (Å²) in [6.07, 6.45) is 10.5. The van der Waals surface area contributed by atoms with Gasteiger partial charge in [-0.1, -0.05) is 12.2 Å². The van der Waals surface area contributed by atoms with E-state index < -0.39 is 0 Å². The summed E-state index contributed by atoms with van der Waals surface area (Å²) in [5, 5.41) is 3.60. The van der Waals surface area contributed by atoms with E-state index in [0.717, 1.165) is 5.92 Å². The van der Waals surface area contributed by atoms with Crippen molar-refractivity contribution >= 4 is 0 Å². The first-order valence-corrected chi connectivity index (χ1v) is 4.82. The lowest BCUT2D eigenvalue weighted by atomic mass is 9.81. The van der Waals surface area contributed by atoms with Crippen LogP contribution in [-0.2, 0) is 0 Å². The van der Waals surface area contributed by atoms with Crippen LogP contribution in [0.2, 0.25) is 0 Å². The van der Waals surface area contributed by atoms with Gasteiger partial charge in [0.2, 0.25) is 0 Å². The summed E-state index contributed by atoms with van der Waals surface area (Å²) >= 11 is 0. The van der Waals surface area contributed by atoms with E-state index in [1.807, 2.05) is 0 Å². The molecule has 0 saturated carbocycles. The maximum Gasteiger partial charge on any atom is 0.0314 e. The van der Waals surface area contributed by atoms with Crippen LogP contribution in [0, 0.1) is 5.92 Å². The van der Waals surface area contributed by atoms with Crippen LogP contribution in [-0.4, -0.2) is 5.54 Å². The Labute approximate surface area is 74.5 Å². The molecule has 1 nitrogen and oxygen atoms in total. The van der Waals surface area contributed by atoms with E-state index >= 15 is 0 Å². The molecule has 0 aromatic carbocycles. The minimum Gasteiger partial charge on any atom is -0.383 e. The van der Waals surface area contributed by atoms with Crippen LogP contribution >= 0.6 is 0 Å². The SMILES string of the molecule is CC1(C)CCC2CC=CC=C2N1. The zero-order valence-corrected chi connectivity index (χ0v) is 7.93. The molecule has 2 aliphatic rings. The molecule has 66 valence electrons. The van der Waals surface area contributed by atoms with Crippen molar-refractivity contribution in [3.8, 4) is 0 Å². The standard InChI is InChI=1S/C11H17N/c1-11(2)8-7-9-5-3-4-6-10(9)12-11/h3-4,6,9,12H,5,7-8H2,1-2H3. The number of allylic oxidation sites excluding steroid dienone is 4. The summed E-state index contributed by atoms with van der Waals surface area (Å²) in [5.41, 5.74) is 1.77. The van der Waals surface area contributed by atoms with Gasteiger partial charge in [0.05, 0.1) is 0 Å². The number of fused-ring (bicyclic) bond motifs is 1. The average Bonchev–Trinajstić information content (AvgIpc) is 2.02. The number of rotatable bonds is 0. The van der Waals surface area contributed by atoms with Crippen molar-refractivity contribution in [2.24, 2.45) is 5.92 Å². The smallest absolute Gasteiger partial charge is 0.0314 e. The Morgan fingerprint density at radius 1 is 1.50 bits per heavy atom. The molecule has 0 aromatic heterocycles. The Hall–Kier alpha value is -0.720. The summed E-state index contributed by atoms with van der Waals surface area (Å²) < 4.78 is 0. The van der Waals surface area contributed by atoms with E-state index in [0.29, 0.717) is 5.54 Å². The summed E-state index contributed by atoms with van der Waals surface area (Å²) in [4.78, 5) is 0. The summed E-state index contributed by atoms with van der Waals surface area (Å²) in [6.45, 7) is 4.56. The van der Waals surface area contributed by atoms with E-state index in [4.69, 9.17) is 0 Å². The topological polar surface area (TPSA) is 12.0 Å². The number of piperidine rings is 1. The van der Waals surface area contributed by atoms with Crippen molar-refractivity contribution < 1.29 is 0 Å². The van der Waals surface area contributed by atoms with E-state index in [1.165, 1.54) is 25.0 Å². The minimum atomic E-state index is 0.313. The first-order valence-electron chi connectivity index (χ1n) is 4.82. The van der Waals surface area contributed by atoms with Gasteiger partial charge in [-0.15, -0.1) is 0 Å². The molecular formula is C11H17N. The second-order valence-corrected chi connectivity index (χ2v) is 4.53. The van der Waals surface area contributed by atoms with E-state index in [-0.39, 0.29) is 0 Å². The Morgan fingerprint density at radius 3 is 3.17 bits per heavy atom. The van der Waals surface area contributed by atoms with Crippen LogP contribution in [0.15, 0.2) is 23.9 Å². The monoisotopic (exact) mass is 163 g/mol. The molecule has 0 radical (unpaired) electrons. The van der Waals surface area contributed by atoms with Crippen molar-refractivity contribution in [3.05, 3.63) is 23.9 Å². The molecule has 0 bridgehead atoms. The zero-order valence-electron chi connectivity index (χ0n) is 7.93. The highest BCUT2D eigenvalue weighted by molar-refractivity contribution is 5.22. The molecule has 1 heteroatoms. The molecule has 0 aromatic rings. The minimum absolute atomic E-state index is 0.313. The van der Waals surface area contributed by atoms with Crippen molar-refractivity contribution in [2.45, 2.75) is 38.6 Å². The Balaban J connectivity index is 2.16. The van der Waals surface area contributed by atoms with Gasteiger partial charge in [-0.3, -0.25) is 0 Å². The third-order valence-electron chi connectivity index (χ3n) is 2.87. The maximum atomic E-state index is 3.60.